The summed E-state index contributed by atoms with van der Waals surface area (Å²) in [6.45, 7) is 0. The van der Waals surface area contributed by atoms with E-state index in [1.165, 1.54) is 29.9 Å². The van der Waals surface area contributed by atoms with Gasteiger partial charge in [-0.25, -0.2) is 0 Å². The van der Waals surface area contributed by atoms with E-state index >= 15 is 0 Å². The van der Waals surface area contributed by atoms with E-state index in [4.69, 9.17) is 11.6 Å². The van der Waals surface area contributed by atoms with Crippen LogP contribution < -0.4 is 0 Å². The van der Waals surface area contributed by atoms with Crippen LogP contribution in [0.3, 0.4) is 0 Å². The van der Waals surface area contributed by atoms with Crippen LogP contribution in [-0.4, -0.2) is 11.5 Å². The summed E-state index contributed by atoms with van der Waals surface area (Å²) in [5, 5.41) is 0.812. The molecule has 3 heteroatoms. The third-order valence-corrected chi connectivity index (χ3v) is 5.39. The standard InChI is InChI=1S/C12H15ClS2/c13-10-2-4-11(5-3-10)15-9-12(8-14)6-1-7-12/h2-5,14H,1,6-9H2. The van der Waals surface area contributed by atoms with Gasteiger partial charge in [0, 0.05) is 15.7 Å². The highest BCUT2D eigenvalue weighted by molar-refractivity contribution is 7.99. The third-order valence-electron chi connectivity index (χ3n) is 3.11. The van der Waals surface area contributed by atoms with Crippen LogP contribution in [0, 0.1) is 5.41 Å². The zero-order valence-electron chi connectivity index (χ0n) is 8.58. The minimum atomic E-state index is 0.507. The molecule has 0 saturated heterocycles. The normalized spacial score (nSPS) is 18.5. The average molecular weight is 259 g/mol. The van der Waals surface area contributed by atoms with Gasteiger partial charge in [-0.2, -0.15) is 12.6 Å². The lowest BCUT2D eigenvalue weighted by Gasteiger charge is -2.40. The topological polar surface area (TPSA) is 0 Å². The summed E-state index contributed by atoms with van der Waals surface area (Å²) >= 11 is 12.2. The summed E-state index contributed by atoms with van der Waals surface area (Å²) in [5.41, 5.74) is 0.507. The van der Waals surface area contributed by atoms with Gasteiger partial charge in [-0.1, -0.05) is 18.0 Å². The number of thiol groups is 1. The van der Waals surface area contributed by atoms with Crippen LogP contribution in [-0.2, 0) is 0 Å². The fraction of sp³-hybridized carbons (Fsp3) is 0.500. The van der Waals surface area contributed by atoms with E-state index in [-0.39, 0.29) is 0 Å². The van der Waals surface area contributed by atoms with Gasteiger partial charge in [-0.05, 0) is 48.3 Å². The second kappa shape index (κ2) is 5.03. The van der Waals surface area contributed by atoms with Crippen molar-refractivity contribution in [3.05, 3.63) is 29.3 Å². The van der Waals surface area contributed by atoms with Gasteiger partial charge in [0.25, 0.3) is 0 Å². The molecule has 1 aliphatic rings. The number of hydrogen-bond donors (Lipinski definition) is 1. The van der Waals surface area contributed by atoms with Crippen molar-refractivity contribution in [1.82, 2.24) is 0 Å². The van der Waals surface area contributed by atoms with Crippen LogP contribution in [0.2, 0.25) is 5.02 Å². The first-order valence-corrected chi connectivity index (χ1v) is 7.23. The quantitative estimate of drug-likeness (QED) is 0.612. The molecule has 0 amide bonds. The molecular formula is C12H15ClS2. The molecule has 0 aliphatic heterocycles. The van der Waals surface area contributed by atoms with Gasteiger partial charge in [0.2, 0.25) is 0 Å². The van der Waals surface area contributed by atoms with Gasteiger partial charge < -0.3 is 0 Å². The van der Waals surface area contributed by atoms with Crippen molar-refractivity contribution in [1.29, 1.82) is 0 Å². The van der Waals surface area contributed by atoms with Gasteiger partial charge in [-0.3, -0.25) is 0 Å². The Morgan fingerprint density at radius 3 is 2.40 bits per heavy atom. The molecule has 82 valence electrons. The molecule has 0 spiro atoms. The zero-order valence-corrected chi connectivity index (χ0v) is 11.0. The van der Waals surface area contributed by atoms with Gasteiger partial charge in [0.1, 0.15) is 0 Å². The highest BCUT2D eigenvalue weighted by atomic mass is 35.5. The third kappa shape index (κ3) is 2.86. The molecule has 0 bridgehead atoms. The van der Waals surface area contributed by atoms with Crippen LogP contribution in [0.5, 0.6) is 0 Å². The van der Waals surface area contributed by atoms with Crippen molar-refractivity contribution in [2.45, 2.75) is 24.2 Å². The van der Waals surface area contributed by atoms with Crippen LogP contribution in [0.4, 0.5) is 0 Å². The van der Waals surface area contributed by atoms with Crippen molar-refractivity contribution in [2.24, 2.45) is 5.41 Å². The van der Waals surface area contributed by atoms with Gasteiger partial charge in [0.05, 0.1) is 0 Å². The van der Waals surface area contributed by atoms with Crippen LogP contribution >= 0.6 is 36.0 Å². The molecule has 0 atom stereocenters. The van der Waals surface area contributed by atoms with E-state index in [0.717, 1.165) is 10.8 Å². The molecule has 0 radical (unpaired) electrons. The predicted octanol–water partition coefficient (Wildman–Crippen LogP) is 4.53. The Balaban J connectivity index is 1.90. The highest BCUT2D eigenvalue weighted by Gasteiger charge is 2.35. The lowest BCUT2D eigenvalue weighted by atomic mass is 9.72. The Morgan fingerprint density at radius 1 is 1.27 bits per heavy atom. The summed E-state index contributed by atoms with van der Waals surface area (Å²) < 4.78 is 0. The van der Waals surface area contributed by atoms with Gasteiger partial charge in [-0.15, -0.1) is 11.8 Å². The maximum Gasteiger partial charge on any atom is 0.0406 e. The number of thioether (sulfide) groups is 1. The van der Waals surface area contributed by atoms with E-state index in [2.05, 4.69) is 24.8 Å². The minimum Gasteiger partial charge on any atom is -0.179 e. The van der Waals surface area contributed by atoms with Crippen molar-refractivity contribution in [2.75, 3.05) is 11.5 Å². The molecule has 0 nitrogen and oxygen atoms in total. The molecule has 0 unspecified atom stereocenters. The van der Waals surface area contributed by atoms with E-state index in [9.17, 15) is 0 Å². The molecule has 1 aromatic carbocycles. The first-order chi connectivity index (χ1) is 7.24. The van der Waals surface area contributed by atoms with Crippen molar-refractivity contribution >= 4 is 36.0 Å². The zero-order chi connectivity index (χ0) is 10.7. The summed E-state index contributed by atoms with van der Waals surface area (Å²) in [5.74, 6) is 2.21. The largest absolute Gasteiger partial charge is 0.179 e. The molecule has 1 aromatic rings. The van der Waals surface area contributed by atoms with Crippen molar-refractivity contribution in [3.8, 4) is 0 Å². The van der Waals surface area contributed by atoms with Gasteiger partial charge >= 0.3 is 0 Å². The molecule has 0 aromatic heterocycles. The number of rotatable bonds is 4. The smallest absolute Gasteiger partial charge is 0.0406 e. The maximum absolute atomic E-state index is 5.85. The molecule has 15 heavy (non-hydrogen) atoms. The van der Waals surface area contributed by atoms with Crippen molar-refractivity contribution in [3.63, 3.8) is 0 Å². The van der Waals surface area contributed by atoms with Gasteiger partial charge in [0.15, 0.2) is 0 Å². The number of benzene rings is 1. The number of halogens is 1. The van der Waals surface area contributed by atoms with E-state index in [0.29, 0.717) is 5.41 Å². The second-order valence-corrected chi connectivity index (χ2v) is 6.06. The first-order valence-electron chi connectivity index (χ1n) is 5.23. The minimum absolute atomic E-state index is 0.507. The van der Waals surface area contributed by atoms with E-state index in [1.807, 2.05) is 23.9 Å². The summed E-state index contributed by atoms with van der Waals surface area (Å²) in [6.07, 6.45) is 4.07. The Bertz CT molecular complexity index is 311. The first kappa shape index (κ1) is 11.7. The fourth-order valence-corrected chi connectivity index (χ4v) is 3.69. The molecule has 2 rings (SSSR count). The number of hydrogen-bond acceptors (Lipinski definition) is 2. The van der Waals surface area contributed by atoms with Crippen LogP contribution in [0.1, 0.15) is 19.3 Å². The molecule has 1 saturated carbocycles. The predicted molar refractivity (Wildman–Crippen MR) is 72.3 cm³/mol. The second-order valence-electron chi connectivity index (χ2n) is 4.25. The van der Waals surface area contributed by atoms with E-state index < -0.39 is 0 Å². The Labute approximate surface area is 106 Å². The molecule has 1 fully saturated rings. The van der Waals surface area contributed by atoms with Crippen molar-refractivity contribution < 1.29 is 0 Å². The Kier molecular flexibility index (Phi) is 3.92. The summed E-state index contributed by atoms with van der Waals surface area (Å²) in [6, 6.07) is 8.10. The Morgan fingerprint density at radius 2 is 1.93 bits per heavy atom. The lowest BCUT2D eigenvalue weighted by molar-refractivity contribution is 0.205. The van der Waals surface area contributed by atoms with Crippen LogP contribution in [0.15, 0.2) is 29.2 Å². The SMILES string of the molecule is SCC1(CSc2ccc(Cl)cc2)CCC1. The maximum atomic E-state index is 5.85. The molecule has 1 aliphatic carbocycles. The van der Waals surface area contributed by atoms with E-state index in [1.54, 1.807) is 0 Å². The highest BCUT2D eigenvalue weighted by Crippen LogP contribution is 2.45. The molecule has 0 N–H and O–H groups in total. The molecular weight excluding hydrogens is 244 g/mol. The molecule has 0 heterocycles. The summed E-state index contributed by atoms with van der Waals surface area (Å²) in [7, 11) is 0. The monoisotopic (exact) mass is 258 g/mol. The van der Waals surface area contributed by atoms with Crippen LogP contribution in [0.25, 0.3) is 0 Å². The fourth-order valence-electron chi connectivity index (χ4n) is 1.79. The summed E-state index contributed by atoms with van der Waals surface area (Å²) in [4.78, 5) is 1.31. The Hall–Kier alpha value is 0.210. The lowest BCUT2D eigenvalue weighted by Crippen LogP contribution is -2.33. The average Bonchev–Trinajstić information content (AvgIpc) is 2.20.